The van der Waals surface area contributed by atoms with E-state index in [9.17, 15) is 9.59 Å². The Kier molecular flexibility index (Phi) is 4.37. The number of carbonyl (C=O) groups excluding carboxylic acids is 2. The summed E-state index contributed by atoms with van der Waals surface area (Å²) in [4.78, 5) is 26.4. The van der Waals surface area contributed by atoms with Gasteiger partial charge in [0.1, 0.15) is 11.5 Å². The lowest BCUT2D eigenvalue weighted by Gasteiger charge is -2.36. The normalized spacial score (nSPS) is 16.8. The zero-order valence-electron chi connectivity index (χ0n) is 15.1. The Labute approximate surface area is 146 Å². The highest BCUT2D eigenvalue weighted by Crippen LogP contribution is 2.38. The van der Waals surface area contributed by atoms with Gasteiger partial charge in [-0.1, -0.05) is 19.0 Å². The van der Waals surface area contributed by atoms with Gasteiger partial charge in [0.15, 0.2) is 11.9 Å². The van der Waals surface area contributed by atoms with Crippen LogP contribution in [-0.4, -0.2) is 23.0 Å². The average Bonchev–Trinajstić information content (AvgIpc) is 2.87. The Hall–Kier alpha value is -2.63. The fourth-order valence-electron chi connectivity index (χ4n) is 2.98. The van der Waals surface area contributed by atoms with Crippen LogP contribution in [-0.2, 0) is 11.3 Å². The molecule has 6 heteroatoms. The fraction of sp³-hybridized carbons (Fsp3) is 0.421. The van der Waals surface area contributed by atoms with E-state index in [0.717, 1.165) is 11.3 Å². The van der Waals surface area contributed by atoms with E-state index < -0.39 is 6.10 Å². The standard InChI is InChI=1S/C19H22N2O4/c1-10(2)18-19(23)21(9-15-11(3)20-25-13(15)5)16-8-14(12(4)22)6-7-17(16)24-18/h6-8,10,18H,9H2,1-5H3. The van der Waals surface area contributed by atoms with E-state index in [1.807, 2.05) is 27.7 Å². The number of hydrogen-bond acceptors (Lipinski definition) is 5. The summed E-state index contributed by atoms with van der Waals surface area (Å²) in [5, 5.41) is 3.96. The van der Waals surface area contributed by atoms with Crippen molar-refractivity contribution in [2.75, 3.05) is 4.90 Å². The van der Waals surface area contributed by atoms with Crippen LogP contribution >= 0.6 is 0 Å². The van der Waals surface area contributed by atoms with Crippen molar-refractivity contribution in [2.45, 2.75) is 47.3 Å². The summed E-state index contributed by atoms with van der Waals surface area (Å²) in [7, 11) is 0. The first-order valence-electron chi connectivity index (χ1n) is 8.34. The number of ketones is 1. The summed E-state index contributed by atoms with van der Waals surface area (Å²) in [5.74, 6) is 1.14. The molecule has 1 aromatic carbocycles. The molecule has 0 radical (unpaired) electrons. The van der Waals surface area contributed by atoms with Crippen LogP contribution in [0.5, 0.6) is 5.75 Å². The summed E-state index contributed by atoms with van der Waals surface area (Å²) in [6.07, 6.45) is -0.559. The third-order valence-corrected chi connectivity index (χ3v) is 4.52. The lowest BCUT2D eigenvalue weighted by molar-refractivity contribution is -0.128. The maximum absolute atomic E-state index is 13.0. The van der Waals surface area contributed by atoms with Crippen LogP contribution in [0.1, 0.15) is 48.1 Å². The molecule has 1 aliphatic heterocycles. The van der Waals surface area contributed by atoms with E-state index in [0.29, 0.717) is 29.3 Å². The third kappa shape index (κ3) is 3.04. The molecule has 1 amide bonds. The van der Waals surface area contributed by atoms with Crippen molar-refractivity contribution in [1.82, 2.24) is 5.16 Å². The summed E-state index contributed by atoms with van der Waals surface area (Å²) in [5.41, 5.74) is 2.77. The highest BCUT2D eigenvalue weighted by atomic mass is 16.5. The van der Waals surface area contributed by atoms with E-state index >= 15 is 0 Å². The minimum atomic E-state index is -0.559. The number of aryl methyl sites for hydroxylation is 2. The molecule has 1 aliphatic rings. The SMILES string of the molecule is CC(=O)c1ccc2c(c1)N(Cc1c(C)noc1C)C(=O)C(C(C)C)O2. The quantitative estimate of drug-likeness (QED) is 0.796. The predicted molar refractivity (Wildman–Crippen MR) is 92.9 cm³/mol. The zero-order chi connectivity index (χ0) is 18.3. The molecular weight excluding hydrogens is 320 g/mol. The number of rotatable bonds is 4. The van der Waals surface area contributed by atoms with Gasteiger partial charge >= 0.3 is 0 Å². The predicted octanol–water partition coefficient (Wildman–Crippen LogP) is 3.44. The van der Waals surface area contributed by atoms with E-state index in [1.54, 1.807) is 23.1 Å². The van der Waals surface area contributed by atoms with Crippen LogP contribution in [0.2, 0.25) is 0 Å². The molecule has 0 fully saturated rings. The van der Waals surface area contributed by atoms with Gasteiger partial charge in [-0.2, -0.15) is 0 Å². The number of aromatic nitrogens is 1. The van der Waals surface area contributed by atoms with Crippen LogP contribution < -0.4 is 9.64 Å². The van der Waals surface area contributed by atoms with Crippen molar-refractivity contribution >= 4 is 17.4 Å². The van der Waals surface area contributed by atoms with Crippen LogP contribution in [0.3, 0.4) is 0 Å². The fourth-order valence-corrected chi connectivity index (χ4v) is 2.98. The molecule has 1 aromatic heterocycles. The number of nitrogens with zero attached hydrogens (tertiary/aromatic N) is 2. The van der Waals surface area contributed by atoms with E-state index in [-0.39, 0.29) is 17.6 Å². The first kappa shape index (κ1) is 17.2. The van der Waals surface area contributed by atoms with Gasteiger partial charge < -0.3 is 14.2 Å². The van der Waals surface area contributed by atoms with Gasteiger partial charge in [0.25, 0.3) is 5.91 Å². The van der Waals surface area contributed by atoms with E-state index in [1.165, 1.54) is 6.92 Å². The second-order valence-electron chi connectivity index (χ2n) is 6.75. The van der Waals surface area contributed by atoms with Gasteiger partial charge in [0.05, 0.1) is 17.9 Å². The van der Waals surface area contributed by atoms with Crippen molar-refractivity contribution in [3.05, 3.63) is 40.8 Å². The number of hydrogen-bond donors (Lipinski definition) is 0. The molecule has 3 rings (SSSR count). The minimum absolute atomic E-state index is 0.0281. The van der Waals surface area contributed by atoms with Gasteiger partial charge in [-0.3, -0.25) is 9.59 Å². The van der Waals surface area contributed by atoms with Gasteiger partial charge in [0, 0.05) is 11.1 Å². The Morgan fingerprint density at radius 3 is 2.60 bits per heavy atom. The Morgan fingerprint density at radius 1 is 1.32 bits per heavy atom. The second kappa shape index (κ2) is 6.35. The van der Waals surface area contributed by atoms with Crippen molar-refractivity contribution in [1.29, 1.82) is 0 Å². The number of ether oxygens (including phenoxy) is 1. The van der Waals surface area contributed by atoms with Crippen LogP contribution in [0, 0.1) is 19.8 Å². The summed E-state index contributed by atoms with van der Waals surface area (Å²) in [6.45, 7) is 9.41. The molecule has 0 bridgehead atoms. The molecule has 1 atom stereocenters. The van der Waals surface area contributed by atoms with E-state index in [4.69, 9.17) is 9.26 Å². The summed E-state index contributed by atoms with van der Waals surface area (Å²) < 4.78 is 11.1. The first-order valence-corrected chi connectivity index (χ1v) is 8.34. The van der Waals surface area contributed by atoms with Crippen LogP contribution in [0.25, 0.3) is 0 Å². The van der Waals surface area contributed by atoms with Crippen molar-refractivity contribution in [3.8, 4) is 5.75 Å². The number of fused-ring (bicyclic) bond motifs is 1. The molecule has 1 unspecified atom stereocenters. The third-order valence-electron chi connectivity index (χ3n) is 4.52. The Balaban J connectivity index is 2.09. The van der Waals surface area contributed by atoms with Gasteiger partial charge in [-0.25, -0.2) is 0 Å². The van der Waals surface area contributed by atoms with E-state index in [2.05, 4.69) is 5.16 Å². The minimum Gasteiger partial charge on any atom is -0.478 e. The monoisotopic (exact) mass is 342 g/mol. The molecule has 25 heavy (non-hydrogen) atoms. The lowest BCUT2D eigenvalue weighted by atomic mass is 10.0. The zero-order valence-corrected chi connectivity index (χ0v) is 15.1. The number of Topliss-reactive ketones (excluding diaryl/α,β-unsaturated/α-hetero) is 1. The van der Waals surface area contributed by atoms with Gasteiger partial charge in [-0.15, -0.1) is 0 Å². The smallest absolute Gasteiger partial charge is 0.268 e. The lowest BCUT2D eigenvalue weighted by Crippen LogP contribution is -2.48. The highest BCUT2D eigenvalue weighted by molar-refractivity contribution is 6.02. The number of benzene rings is 1. The molecule has 0 saturated heterocycles. The molecule has 0 saturated carbocycles. The summed E-state index contributed by atoms with van der Waals surface area (Å²) in [6, 6.07) is 5.20. The molecule has 6 nitrogen and oxygen atoms in total. The number of carbonyl (C=O) groups is 2. The molecule has 2 aromatic rings. The van der Waals surface area contributed by atoms with Crippen LogP contribution in [0.4, 0.5) is 5.69 Å². The van der Waals surface area contributed by atoms with Gasteiger partial charge in [-0.05, 0) is 44.9 Å². The molecule has 0 spiro atoms. The number of anilines is 1. The Bertz CT molecular complexity index is 818. The van der Waals surface area contributed by atoms with Crippen molar-refractivity contribution in [2.24, 2.45) is 5.92 Å². The van der Waals surface area contributed by atoms with Crippen LogP contribution in [0.15, 0.2) is 22.7 Å². The molecule has 132 valence electrons. The molecule has 2 heterocycles. The molecular formula is C19H22N2O4. The second-order valence-corrected chi connectivity index (χ2v) is 6.75. The number of amides is 1. The van der Waals surface area contributed by atoms with Crippen molar-refractivity contribution in [3.63, 3.8) is 0 Å². The maximum atomic E-state index is 13.0. The topological polar surface area (TPSA) is 72.6 Å². The Morgan fingerprint density at radius 2 is 2.04 bits per heavy atom. The molecule has 0 aliphatic carbocycles. The average molecular weight is 342 g/mol. The van der Waals surface area contributed by atoms with Gasteiger partial charge in [0.2, 0.25) is 0 Å². The maximum Gasteiger partial charge on any atom is 0.268 e. The first-order chi connectivity index (χ1) is 11.8. The molecule has 0 N–H and O–H groups in total. The largest absolute Gasteiger partial charge is 0.478 e. The summed E-state index contributed by atoms with van der Waals surface area (Å²) >= 11 is 0. The van der Waals surface area contributed by atoms with Crippen molar-refractivity contribution < 1.29 is 18.8 Å². The highest BCUT2D eigenvalue weighted by Gasteiger charge is 2.37.